The highest BCUT2D eigenvalue weighted by Gasteiger charge is 2.21. The molecule has 0 unspecified atom stereocenters. The smallest absolute Gasteiger partial charge is 0.235 e. The quantitative estimate of drug-likeness (QED) is 0.290. The van der Waals surface area contributed by atoms with Crippen LogP contribution < -0.4 is 0 Å². The van der Waals surface area contributed by atoms with Crippen LogP contribution >= 0.6 is 0 Å². The minimum atomic E-state index is 0.602. The Bertz CT molecular complexity index is 2100. The Morgan fingerprint density at radius 2 is 1.28 bits per heavy atom. The van der Waals surface area contributed by atoms with Crippen LogP contribution in [0.5, 0.6) is 0 Å². The van der Waals surface area contributed by atoms with Gasteiger partial charge in [0.15, 0.2) is 0 Å². The Morgan fingerprint density at radius 3 is 2.14 bits per heavy atom. The van der Waals surface area contributed by atoms with Crippen molar-refractivity contribution in [2.24, 2.45) is 0 Å². The molecular weight excluding hydrogens is 444 g/mol. The number of fused-ring (bicyclic) bond motifs is 8. The number of benzene rings is 4. The van der Waals surface area contributed by atoms with Gasteiger partial charge in [-0.25, -0.2) is 19.9 Å². The maximum absolute atomic E-state index is 4.84. The lowest BCUT2D eigenvalue weighted by Crippen LogP contribution is -2.01. The van der Waals surface area contributed by atoms with E-state index in [1.807, 2.05) is 0 Å². The van der Waals surface area contributed by atoms with Gasteiger partial charge in [-0.2, -0.15) is 0 Å². The number of rotatable bonds is 2. The highest BCUT2D eigenvalue weighted by atomic mass is 15.2. The van der Waals surface area contributed by atoms with Crippen LogP contribution in [0.2, 0.25) is 0 Å². The minimum absolute atomic E-state index is 0.602. The first-order chi connectivity index (χ1) is 17.9. The highest BCUT2D eigenvalue weighted by molar-refractivity contribution is 6.26. The van der Waals surface area contributed by atoms with Gasteiger partial charge in [-0.15, -0.1) is 0 Å². The van der Waals surface area contributed by atoms with E-state index in [2.05, 4.69) is 110 Å². The second-order valence-electron chi connectivity index (χ2n) is 8.86. The molecule has 0 radical (unpaired) electrons. The molecule has 0 atom stereocenters. The molecule has 168 valence electrons. The lowest BCUT2D eigenvalue weighted by Gasteiger charge is -2.09. The van der Waals surface area contributed by atoms with Crippen molar-refractivity contribution in [1.82, 2.24) is 29.1 Å². The van der Waals surface area contributed by atoms with Gasteiger partial charge in [-0.3, -0.25) is 4.57 Å². The first kappa shape index (κ1) is 19.2. The number of hydrogen-bond acceptors (Lipinski definition) is 4. The zero-order valence-corrected chi connectivity index (χ0v) is 19.1. The van der Waals surface area contributed by atoms with E-state index in [4.69, 9.17) is 9.97 Å². The summed E-state index contributed by atoms with van der Waals surface area (Å²) in [4.78, 5) is 18.0. The summed E-state index contributed by atoms with van der Waals surface area (Å²) in [6.07, 6.45) is 5.01. The normalized spacial score (nSPS) is 11.9. The summed E-state index contributed by atoms with van der Waals surface area (Å²) in [6.45, 7) is 0. The van der Waals surface area contributed by atoms with E-state index in [9.17, 15) is 0 Å². The zero-order valence-electron chi connectivity index (χ0n) is 19.1. The number of aromatic nitrogens is 6. The molecule has 4 aromatic carbocycles. The second-order valence-corrected chi connectivity index (χ2v) is 8.86. The van der Waals surface area contributed by atoms with Crippen molar-refractivity contribution in [3.63, 3.8) is 0 Å². The molecule has 0 saturated carbocycles. The van der Waals surface area contributed by atoms with E-state index in [1.54, 1.807) is 12.4 Å². The summed E-state index contributed by atoms with van der Waals surface area (Å²) in [5.41, 5.74) is 7.04. The van der Waals surface area contributed by atoms with E-state index < -0.39 is 0 Å². The maximum atomic E-state index is 4.84. The molecule has 0 N–H and O–H groups in total. The summed E-state index contributed by atoms with van der Waals surface area (Å²) >= 11 is 0. The first-order valence-electron chi connectivity index (χ1n) is 11.8. The molecule has 0 saturated heterocycles. The van der Waals surface area contributed by atoms with Gasteiger partial charge in [-0.1, -0.05) is 60.7 Å². The summed E-state index contributed by atoms with van der Waals surface area (Å²) in [5.74, 6) is 0.602. The van der Waals surface area contributed by atoms with Gasteiger partial charge in [0.05, 0.1) is 34.5 Å². The Labute approximate surface area is 205 Å². The van der Waals surface area contributed by atoms with Gasteiger partial charge in [0.25, 0.3) is 0 Å². The molecule has 6 heteroatoms. The fraction of sp³-hybridized carbons (Fsp3) is 0. The van der Waals surface area contributed by atoms with Gasteiger partial charge < -0.3 is 4.57 Å². The van der Waals surface area contributed by atoms with Crippen molar-refractivity contribution in [2.45, 2.75) is 0 Å². The predicted molar refractivity (Wildman–Crippen MR) is 144 cm³/mol. The van der Waals surface area contributed by atoms with E-state index in [0.29, 0.717) is 11.5 Å². The molecule has 0 aliphatic rings. The van der Waals surface area contributed by atoms with Crippen molar-refractivity contribution in [1.29, 1.82) is 0 Å². The monoisotopic (exact) mass is 462 g/mol. The molecule has 36 heavy (non-hydrogen) atoms. The Hall–Kier alpha value is -5.10. The molecule has 0 bridgehead atoms. The summed E-state index contributed by atoms with van der Waals surface area (Å²) < 4.78 is 4.52. The average Bonchev–Trinajstić information content (AvgIpc) is 3.46. The van der Waals surface area contributed by atoms with Crippen molar-refractivity contribution in [3.8, 4) is 11.6 Å². The topological polar surface area (TPSA) is 61.4 Å². The SMILES string of the molecule is c1ccc(-n2c3ccccc3c3ccc4c(c5ccccc5n4-c4ncc5ncncc5n4)c32)cc1. The van der Waals surface area contributed by atoms with Gasteiger partial charge in [0.2, 0.25) is 5.95 Å². The molecular formula is C30H18N6. The van der Waals surface area contributed by atoms with E-state index in [1.165, 1.54) is 33.5 Å². The summed E-state index contributed by atoms with van der Waals surface area (Å²) in [5, 5.41) is 4.79. The molecule has 6 nitrogen and oxygen atoms in total. The minimum Gasteiger partial charge on any atom is -0.309 e. The van der Waals surface area contributed by atoms with E-state index in [-0.39, 0.29) is 0 Å². The van der Waals surface area contributed by atoms with E-state index >= 15 is 0 Å². The number of para-hydroxylation sites is 3. The van der Waals surface area contributed by atoms with Crippen molar-refractivity contribution >= 4 is 54.6 Å². The van der Waals surface area contributed by atoms with Crippen LogP contribution in [0.15, 0.2) is 110 Å². The van der Waals surface area contributed by atoms with Gasteiger partial charge >= 0.3 is 0 Å². The lowest BCUT2D eigenvalue weighted by molar-refractivity contribution is 1.00. The maximum Gasteiger partial charge on any atom is 0.235 e. The molecule has 4 heterocycles. The number of hydrogen-bond donors (Lipinski definition) is 0. The van der Waals surface area contributed by atoms with Gasteiger partial charge in [-0.05, 0) is 30.3 Å². The molecule has 4 aromatic heterocycles. The molecule has 0 amide bonds. The molecule has 8 aromatic rings. The predicted octanol–water partition coefficient (Wildman–Crippen LogP) is 6.61. The highest BCUT2D eigenvalue weighted by Crippen LogP contribution is 2.41. The third-order valence-corrected chi connectivity index (χ3v) is 6.93. The standard InChI is InChI=1S/C30H18N6/c1-2-8-19(9-3-1)35-25-12-6-4-10-20(25)21-14-15-27-28(29(21)35)22-11-5-7-13-26(22)36(27)30-32-17-23-24(34-30)16-31-18-33-23/h1-18H. The van der Waals surface area contributed by atoms with Gasteiger partial charge in [0.1, 0.15) is 17.4 Å². The van der Waals surface area contributed by atoms with Gasteiger partial charge in [0, 0.05) is 27.2 Å². The number of nitrogens with zero attached hydrogens (tertiary/aromatic N) is 6. The first-order valence-corrected chi connectivity index (χ1v) is 11.8. The largest absolute Gasteiger partial charge is 0.309 e. The van der Waals surface area contributed by atoms with E-state index in [0.717, 1.165) is 27.6 Å². The van der Waals surface area contributed by atoms with Crippen LogP contribution in [-0.4, -0.2) is 29.1 Å². The fourth-order valence-electron chi connectivity index (χ4n) is 5.45. The zero-order chi connectivity index (χ0) is 23.6. The Kier molecular flexibility index (Phi) is 3.85. The third-order valence-electron chi connectivity index (χ3n) is 6.93. The molecule has 8 rings (SSSR count). The Balaban J connectivity index is 1.59. The van der Waals surface area contributed by atoms with Crippen LogP contribution in [-0.2, 0) is 0 Å². The van der Waals surface area contributed by atoms with Crippen LogP contribution in [0, 0.1) is 0 Å². The van der Waals surface area contributed by atoms with Crippen LogP contribution in [0.25, 0.3) is 66.3 Å². The second kappa shape index (κ2) is 7.20. The van der Waals surface area contributed by atoms with Crippen LogP contribution in [0.1, 0.15) is 0 Å². The summed E-state index contributed by atoms with van der Waals surface area (Å²) in [7, 11) is 0. The molecule has 0 fully saturated rings. The fourth-order valence-corrected chi connectivity index (χ4v) is 5.45. The van der Waals surface area contributed by atoms with Crippen molar-refractivity contribution < 1.29 is 0 Å². The summed E-state index contributed by atoms with van der Waals surface area (Å²) in [6, 6.07) is 32.0. The average molecular weight is 463 g/mol. The van der Waals surface area contributed by atoms with Crippen LogP contribution in [0.3, 0.4) is 0 Å². The van der Waals surface area contributed by atoms with Crippen molar-refractivity contribution in [3.05, 3.63) is 110 Å². The molecule has 0 spiro atoms. The van der Waals surface area contributed by atoms with Crippen LogP contribution in [0.4, 0.5) is 0 Å². The third kappa shape index (κ3) is 2.55. The lowest BCUT2D eigenvalue weighted by atomic mass is 10.1. The Morgan fingerprint density at radius 1 is 0.528 bits per heavy atom. The van der Waals surface area contributed by atoms with Crippen molar-refractivity contribution in [2.75, 3.05) is 0 Å². The molecule has 0 aliphatic carbocycles. The molecule has 0 aliphatic heterocycles.